The largest absolute Gasteiger partial charge is 0.397 e. The Hall–Kier alpha value is -1.73. The maximum absolute atomic E-state index is 13.0. The molecule has 0 amide bonds. The van der Waals surface area contributed by atoms with Crippen molar-refractivity contribution in [2.75, 3.05) is 5.73 Å². The van der Waals surface area contributed by atoms with Crippen molar-refractivity contribution in [3.8, 4) is 22.2 Å². The van der Waals surface area contributed by atoms with E-state index in [1.54, 1.807) is 12.1 Å². The zero-order valence-electron chi connectivity index (χ0n) is 9.43. The van der Waals surface area contributed by atoms with E-state index >= 15 is 0 Å². The zero-order valence-corrected chi connectivity index (χ0v) is 11.8. The van der Waals surface area contributed by atoms with Gasteiger partial charge in [0.2, 0.25) is 5.82 Å². The van der Waals surface area contributed by atoms with Crippen molar-refractivity contribution in [1.29, 1.82) is 0 Å². The van der Waals surface area contributed by atoms with Crippen LogP contribution in [0.1, 0.15) is 0 Å². The normalized spacial score (nSPS) is 10.8. The van der Waals surface area contributed by atoms with Crippen molar-refractivity contribution in [2.45, 2.75) is 0 Å². The SMILES string of the molecule is Nc1ccsc1-c1nc(-c2ccc(F)cc2Br)no1. The monoisotopic (exact) mass is 339 g/mol. The molecule has 0 aliphatic rings. The molecule has 19 heavy (non-hydrogen) atoms. The molecule has 3 aromatic rings. The van der Waals surface area contributed by atoms with Gasteiger partial charge in [0.05, 0.1) is 5.69 Å². The molecule has 4 nitrogen and oxygen atoms in total. The van der Waals surface area contributed by atoms with Crippen LogP contribution in [-0.4, -0.2) is 10.1 Å². The molecular weight excluding hydrogens is 333 g/mol. The summed E-state index contributed by atoms with van der Waals surface area (Å²) in [5, 5.41) is 5.74. The molecule has 0 spiro atoms. The van der Waals surface area contributed by atoms with Crippen LogP contribution in [0.3, 0.4) is 0 Å². The Morgan fingerprint density at radius 2 is 2.16 bits per heavy atom. The fourth-order valence-electron chi connectivity index (χ4n) is 1.59. The van der Waals surface area contributed by atoms with Gasteiger partial charge in [-0.25, -0.2) is 4.39 Å². The summed E-state index contributed by atoms with van der Waals surface area (Å²) in [5.74, 6) is 0.412. The molecule has 3 rings (SSSR count). The lowest BCUT2D eigenvalue weighted by atomic mass is 10.2. The van der Waals surface area contributed by atoms with Crippen LogP contribution >= 0.6 is 27.3 Å². The minimum atomic E-state index is -0.332. The van der Waals surface area contributed by atoms with E-state index in [1.165, 1.54) is 23.5 Å². The third-order valence-electron chi connectivity index (χ3n) is 2.49. The number of rotatable bonds is 2. The van der Waals surface area contributed by atoms with Gasteiger partial charge in [-0.1, -0.05) is 5.16 Å². The minimum Gasteiger partial charge on any atom is -0.397 e. The predicted octanol–water partition coefficient (Wildman–Crippen LogP) is 3.95. The van der Waals surface area contributed by atoms with E-state index in [-0.39, 0.29) is 5.82 Å². The second-order valence-electron chi connectivity index (χ2n) is 3.75. The molecule has 2 aromatic heterocycles. The molecule has 1 aromatic carbocycles. The van der Waals surface area contributed by atoms with Gasteiger partial charge >= 0.3 is 0 Å². The van der Waals surface area contributed by atoms with Gasteiger partial charge in [0, 0.05) is 10.0 Å². The highest BCUT2D eigenvalue weighted by molar-refractivity contribution is 9.10. The first-order valence-corrected chi connectivity index (χ1v) is 6.95. The van der Waals surface area contributed by atoms with Gasteiger partial charge in [0.1, 0.15) is 10.7 Å². The Morgan fingerprint density at radius 1 is 1.32 bits per heavy atom. The van der Waals surface area contributed by atoms with Gasteiger partial charge in [-0.05, 0) is 45.6 Å². The van der Waals surface area contributed by atoms with Crippen molar-refractivity contribution in [3.05, 3.63) is 39.9 Å². The van der Waals surface area contributed by atoms with Gasteiger partial charge in [-0.2, -0.15) is 4.98 Å². The van der Waals surface area contributed by atoms with E-state index in [2.05, 4.69) is 26.1 Å². The molecule has 2 heterocycles. The molecule has 0 saturated carbocycles. The van der Waals surface area contributed by atoms with Crippen LogP contribution in [0, 0.1) is 5.82 Å². The smallest absolute Gasteiger partial charge is 0.270 e. The van der Waals surface area contributed by atoms with Crippen molar-refractivity contribution in [1.82, 2.24) is 10.1 Å². The van der Waals surface area contributed by atoms with E-state index < -0.39 is 0 Å². The molecule has 0 aliphatic heterocycles. The maximum Gasteiger partial charge on any atom is 0.270 e. The summed E-state index contributed by atoms with van der Waals surface area (Å²) in [7, 11) is 0. The fourth-order valence-corrected chi connectivity index (χ4v) is 2.86. The van der Waals surface area contributed by atoms with Crippen LogP contribution in [0.2, 0.25) is 0 Å². The van der Waals surface area contributed by atoms with Crippen LogP contribution in [-0.2, 0) is 0 Å². The first kappa shape index (κ1) is 12.3. The Kier molecular flexibility index (Phi) is 3.08. The molecule has 0 atom stereocenters. The Bertz CT molecular complexity index is 740. The van der Waals surface area contributed by atoms with Gasteiger partial charge in [-0.3, -0.25) is 0 Å². The molecule has 0 unspecified atom stereocenters. The maximum atomic E-state index is 13.0. The Balaban J connectivity index is 2.04. The average Bonchev–Trinajstić information content (AvgIpc) is 2.97. The number of benzene rings is 1. The van der Waals surface area contributed by atoms with Gasteiger partial charge in [-0.15, -0.1) is 11.3 Å². The van der Waals surface area contributed by atoms with Gasteiger partial charge < -0.3 is 10.3 Å². The number of hydrogen-bond acceptors (Lipinski definition) is 5. The second kappa shape index (κ2) is 4.75. The number of nitrogen functional groups attached to an aromatic ring is 1. The van der Waals surface area contributed by atoms with Gasteiger partial charge in [0.25, 0.3) is 5.89 Å². The number of hydrogen-bond donors (Lipinski definition) is 1. The van der Waals surface area contributed by atoms with Gasteiger partial charge in [0.15, 0.2) is 0 Å². The van der Waals surface area contributed by atoms with Crippen molar-refractivity contribution in [3.63, 3.8) is 0 Å². The number of aromatic nitrogens is 2. The molecule has 0 radical (unpaired) electrons. The number of halogens is 2. The highest BCUT2D eigenvalue weighted by Crippen LogP contribution is 2.33. The molecule has 0 saturated heterocycles. The van der Waals surface area contributed by atoms with Crippen molar-refractivity contribution >= 4 is 33.0 Å². The lowest BCUT2D eigenvalue weighted by Gasteiger charge is -1.98. The lowest BCUT2D eigenvalue weighted by Crippen LogP contribution is -1.85. The first-order chi connectivity index (χ1) is 9.15. The van der Waals surface area contributed by atoms with Crippen LogP contribution < -0.4 is 5.73 Å². The molecular formula is C12H7BrFN3OS. The fraction of sp³-hybridized carbons (Fsp3) is 0. The van der Waals surface area contributed by atoms with Crippen LogP contribution in [0.25, 0.3) is 22.2 Å². The first-order valence-electron chi connectivity index (χ1n) is 5.27. The van der Waals surface area contributed by atoms with E-state index in [1.807, 2.05) is 5.38 Å². The van der Waals surface area contributed by atoms with Crippen LogP contribution in [0.5, 0.6) is 0 Å². The highest BCUT2D eigenvalue weighted by Gasteiger charge is 2.15. The molecule has 0 fully saturated rings. The summed E-state index contributed by atoms with van der Waals surface area (Å²) in [4.78, 5) is 5.01. The summed E-state index contributed by atoms with van der Waals surface area (Å²) in [6, 6.07) is 6.06. The third-order valence-corrected chi connectivity index (χ3v) is 4.06. The van der Waals surface area contributed by atoms with E-state index in [0.717, 1.165) is 4.88 Å². The standard InChI is InChI=1S/C12H7BrFN3OS/c13-8-5-6(14)1-2-7(8)11-16-12(18-17-11)10-9(15)3-4-19-10/h1-5H,15H2. The number of nitrogens with two attached hydrogens (primary N) is 1. The second-order valence-corrected chi connectivity index (χ2v) is 5.52. The Morgan fingerprint density at radius 3 is 2.84 bits per heavy atom. The van der Waals surface area contributed by atoms with Crippen LogP contribution in [0.15, 0.2) is 38.6 Å². The van der Waals surface area contributed by atoms with Crippen molar-refractivity contribution < 1.29 is 8.91 Å². The summed E-state index contributed by atoms with van der Waals surface area (Å²) >= 11 is 4.70. The lowest BCUT2D eigenvalue weighted by molar-refractivity contribution is 0.433. The molecule has 2 N–H and O–H groups in total. The van der Waals surface area contributed by atoms with E-state index in [4.69, 9.17) is 10.3 Å². The molecule has 0 aliphatic carbocycles. The van der Waals surface area contributed by atoms with Crippen molar-refractivity contribution in [2.24, 2.45) is 0 Å². The average molecular weight is 340 g/mol. The number of nitrogens with zero attached hydrogens (tertiary/aromatic N) is 2. The summed E-state index contributed by atoms with van der Waals surface area (Å²) in [6.45, 7) is 0. The zero-order chi connectivity index (χ0) is 13.4. The molecule has 96 valence electrons. The molecule has 7 heteroatoms. The van der Waals surface area contributed by atoms with Crippen LogP contribution in [0.4, 0.5) is 10.1 Å². The van der Waals surface area contributed by atoms with E-state index in [0.29, 0.717) is 27.4 Å². The summed E-state index contributed by atoms with van der Waals surface area (Å²) in [5.41, 5.74) is 7.05. The quantitative estimate of drug-likeness (QED) is 0.767. The summed E-state index contributed by atoms with van der Waals surface area (Å²) < 4.78 is 18.8. The highest BCUT2D eigenvalue weighted by atomic mass is 79.9. The predicted molar refractivity (Wildman–Crippen MR) is 75.1 cm³/mol. The summed E-state index contributed by atoms with van der Waals surface area (Å²) in [6.07, 6.45) is 0. The van der Waals surface area contributed by atoms with E-state index in [9.17, 15) is 4.39 Å². The molecule has 0 bridgehead atoms. The minimum absolute atomic E-state index is 0.332. The third kappa shape index (κ3) is 2.26. The Labute approximate surface area is 120 Å². The number of thiophene rings is 1. The number of anilines is 1. The topological polar surface area (TPSA) is 64.9 Å².